The van der Waals surface area contributed by atoms with Crippen LogP contribution >= 0.6 is 0 Å². The Bertz CT molecular complexity index is 432. The van der Waals surface area contributed by atoms with Crippen LogP contribution in [-0.4, -0.2) is 15.0 Å². The van der Waals surface area contributed by atoms with Crippen molar-refractivity contribution in [1.29, 1.82) is 0 Å². The van der Waals surface area contributed by atoms with Crippen LogP contribution in [0.3, 0.4) is 0 Å². The Morgan fingerprint density at radius 1 is 0.938 bits per heavy atom. The van der Waals surface area contributed by atoms with Crippen molar-refractivity contribution in [2.75, 3.05) is 0 Å². The van der Waals surface area contributed by atoms with Crippen LogP contribution in [0.25, 0.3) is 6.08 Å². The molecule has 16 heavy (non-hydrogen) atoms. The van der Waals surface area contributed by atoms with Crippen LogP contribution in [0.4, 0.5) is 0 Å². The van der Waals surface area contributed by atoms with Crippen molar-refractivity contribution < 1.29 is 4.84 Å². The van der Waals surface area contributed by atoms with Gasteiger partial charge in [0.25, 0.3) is 0 Å². The van der Waals surface area contributed by atoms with Crippen LogP contribution in [0.15, 0.2) is 49.4 Å². The number of nitrogens with zero attached hydrogens (tertiary/aromatic N) is 3. The SMILES string of the molecule is C1=Cc2ccccc2ON1.c1ncncn1. The highest BCUT2D eigenvalue weighted by molar-refractivity contribution is 5.57. The Morgan fingerprint density at radius 2 is 1.62 bits per heavy atom. The summed E-state index contributed by atoms with van der Waals surface area (Å²) in [4.78, 5) is 15.8. The second-order valence-electron chi connectivity index (χ2n) is 2.88. The lowest BCUT2D eigenvalue weighted by Gasteiger charge is -2.11. The summed E-state index contributed by atoms with van der Waals surface area (Å²) < 4.78 is 0. The molecule has 0 aliphatic carbocycles. The average Bonchev–Trinajstić information content (AvgIpc) is 2.42. The first-order valence-corrected chi connectivity index (χ1v) is 4.70. The smallest absolute Gasteiger partial charge is 0.162 e. The molecule has 0 unspecified atom stereocenters. The summed E-state index contributed by atoms with van der Waals surface area (Å²) >= 11 is 0. The van der Waals surface area contributed by atoms with Gasteiger partial charge in [-0.3, -0.25) is 0 Å². The Morgan fingerprint density at radius 3 is 2.25 bits per heavy atom. The molecule has 0 spiro atoms. The first-order valence-electron chi connectivity index (χ1n) is 4.70. The summed E-state index contributed by atoms with van der Waals surface area (Å²) in [5.74, 6) is 0.880. The van der Waals surface area contributed by atoms with Crippen LogP contribution < -0.4 is 10.3 Å². The van der Waals surface area contributed by atoms with E-state index >= 15 is 0 Å². The first-order chi connectivity index (χ1) is 7.97. The first kappa shape index (κ1) is 10.1. The predicted molar refractivity (Wildman–Crippen MR) is 59.1 cm³/mol. The molecule has 0 atom stereocenters. The molecule has 1 aromatic carbocycles. The van der Waals surface area contributed by atoms with Gasteiger partial charge in [0.15, 0.2) is 5.75 Å². The van der Waals surface area contributed by atoms with Crippen LogP contribution in [0.1, 0.15) is 5.56 Å². The van der Waals surface area contributed by atoms with E-state index in [9.17, 15) is 0 Å². The summed E-state index contributed by atoms with van der Waals surface area (Å²) in [5.41, 5.74) is 3.77. The minimum atomic E-state index is 0.880. The zero-order valence-corrected chi connectivity index (χ0v) is 8.45. The average molecular weight is 214 g/mol. The van der Waals surface area contributed by atoms with Gasteiger partial charge in [-0.2, -0.15) is 0 Å². The zero-order valence-electron chi connectivity index (χ0n) is 8.45. The minimum Gasteiger partial charge on any atom is -0.382 e. The third-order valence-electron chi connectivity index (χ3n) is 1.82. The molecule has 2 heterocycles. The fraction of sp³-hybridized carbons (Fsp3) is 0. The van der Waals surface area contributed by atoms with Crippen molar-refractivity contribution in [2.45, 2.75) is 0 Å². The fourth-order valence-electron chi connectivity index (χ4n) is 1.14. The maximum absolute atomic E-state index is 5.09. The lowest BCUT2D eigenvalue weighted by molar-refractivity contribution is 0.239. The molecule has 5 nitrogen and oxygen atoms in total. The van der Waals surface area contributed by atoms with E-state index in [0.29, 0.717) is 0 Å². The van der Waals surface area contributed by atoms with E-state index in [4.69, 9.17) is 4.84 Å². The van der Waals surface area contributed by atoms with Crippen molar-refractivity contribution in [3.05, 3.63) is 55.0 Å². The van der Waals surface area contributed by atoms with Crippen LogP contribution in [-0.2, 0) is 0 Å². The topological polar surface area (TPSA) is 59.9 Å². The normalized spacial score (nSPS) is 11.2. The van der Waals surface area contributed by atoms with Gasteiger partial charge in [-0.25, -0.2) is 20.4 Å². The molecule has 0 saturated carbocycles. The molecule has 0 saturated heterocycles. The van der Waals surface area contributed by atoms with E-state index in [2.05, 4.69) is 20.4 Å². The van der Waals surface area contributed by atoms with E-state index < -0.39 is 0 Å². The lowest BCUT2D eigenvalue weighted by Crippen LogP contribution is -2.13. The number of hydrogen-bond acceptors (Lipinski definition) is 5. The molecule has 1 aliphatic rings. The molecular formula is C11H10N4O. The molecule has 0 bridgehead atoms. The second kappa shape index (κ2) is 5.45. The van der Waals surface area contributed by atoms with E-state index in [1.807, 2.05) is 30.3 Å². The van der Waals surface area contributed by atoms with E-state index in [-0.39, 0.29) is 0 Å². The maximum Gasteiger partial charge on any atom is 0.162 e. The summed E-state index contributed by atoms with van der Waals surface area (Å²) in [6.45, 7) is 0. The number of fused-ring (bicyclic) bond motifs is 1. The molecule has 80 valence electrons. The van der Waals surface area contributed by atoms with E-state index in [1.54, 1.807) is 6.20 Å². The maximum atomic E-state index is 5.09. The van der Waals surface area contributed by atoms with Gasteiger partial charge in [0.1, 0.15) is 19.0 Å². The fourth-order valence-corrected chi connectivity index (χ4v) is 1.14. The summed E-state index contributed by atoms with van der Waals surface area (Å²) in [6, 6.07) is 7.86. The van der Waals surface area contributed by atoms with Gasteiger partial charge >= 0.3 is 0 Å². The van der Waals surface area contributed by atoms with Crippen molar-refractivity contribution in [2.24, 2.45) is 0 Å². The molecule has 3 rings (SSSR count). The van der Waals surface area contributed by atoms with Gasteiger partial charge < -0.3 is 4.84 Å². The van der Waals surface area contributed by atoms with Gasteiger partial charge in [0.05, 0.1) is 0 Å². The van der Waals surface area contributed by atoms with E-state index in [0.717, 1.165) is 11.3 Å². The molecule has 1 aromatic heterocycles. The largest absolute Gasteiger partial charge is 0.382 e. The molecule has 0 radical (unpaired) electrons. The molecular weight excluding hydrogens is 204 g/mol. The highest BCUT2D eigenvalue weighted by Gasteiger charge is 2.01. The number of aromatic nitrogens is 3. The Kier molecular flexibility index (Phi) is 3.44. The third kappa shape index (κ3) is 2.78. The molecule has 0 amide bonds. The van der Waals surface area contributed by atoms with Crippen molar-refractivity contribution in [1.82, 2.24) is 20.4 Å². The number of hydrogen-bond donors (Lipinski definition) is 1. The summed E-state index contributed by atoms with van der Waals surface area (Å²) in [6.07, 6.45) is 8.05. The predicted octanol–water partition coefficient (Wildman–Crippen LogP) is 1.43. The Hall–Kier alpha value is -2.43. The Labute approximate surface area is 92.8 Å². The molecule has 0 fully saturated rings. The summed E-state index contributed by atoms with van der Waals surface area (Å²) in [7, 11) is 0. The number of benzene rings is 1. The third-order valence-corrected chi connectivity index (χ3v) is 1.82. The molecule has 2 aromatic rings. The monoisotopic (exact) mass is 214 g/mol. The molecule has 1 N–H and O–H groups in total. The summed E-state index contributed by atoms with van der Waals surface area (Å²) in [5, 5.41) is 0. The number of para-hydroxylation sites is 1. The van der Waals surface area contributed by atoms with Crippen molar-refractivity contribution >= 4 is 6.08 Å². The molecule has 5 heteroatoms. The highest BCUT2D eigenvalue weighted by Crippen LogP contribution is 2.20. The standard InChI is InChI=1S/C8H7NO.C3H3N3/c1-2-4-8-7(3-1)5-6-9-10-8;1-4-2-6-3-5-1/h1-6,9H;1-3H. The van der Waals surface area contributed by atoms with Crippen LogP contribution in [0.2, 0.25) is 0 Å². The number of hydroxylamine groups is 1. The van der Waals surface area contributed by atoms with Gasteiger partial charge in [-0.05, 0) is 12.1 Å². The second-order valence-corrected chi connectivity index (χ2v) is 2.88. The zero-order chi connectivity index (χ0) is 11.1. The van der Waals surface area contributed by atoms with Gasteiger partial charge in [0, 0.05) is 11.8 Å². The number of rotatable bonds is 0. The van der Waals surface area contributed by atoms with Crippen LogP contribution in [0, 0.1) is 0 Å². The quantitative estimate of drug-likeness (QED) is 0.718. The lowest BCUT2D eigenvalue weighted by atomic mass is 10.2. The van der Waals surface area contributed by atoms with Gasteiger partial charge in [-0.1, -0.05) is 18.2 Å². The van der Waals surface area contributed by atoms with Crippen molar-refractivity contribution in [3.63, 3.8) is 0 Å². The molecule has 1 aliphatic heterocycles. The highest BCUT2D eigenvalue weighted by atomic mass is 16.6. The Balaban J connectivity index is 0.000000138. The van der Waals surface area contributed by atoms with E-state index in [1.165, 1.54) is 19.0 Å². The number of nitrogens with one attached hydrogen (secondary N) is 1. The van der Waals surface area contributed by atoms with Gasteiger partial charge in [-0.15, -0.1) is 0 Å². The minimum absolute atomic E-state index is 0.880. The van der Waals surface area contributed by atoms with Crippen LogP contribution in [0.5, 0.6) is 5.75 Å². The van der Waals surface area contributed by atoms with Gasteiger partial charge in [0.2, 0.25) is 0 Å². The van der Waals surface area contributed by atoms with Crippen molar-refractivity contribution in [3.8, 4) is 5.75 Å².